The second kappa shape index (κ2) is 9.04. The maximum Gasteiger partial charge on any atom is 0.240 e. The van der Waals surface area contributed by atoms with Gasteiger partial charge in [0.2, 0.25) is 5.91 Å². The molecule has 1 amide bonds. The van der Waals surface area contributed by atoms with Crippen LogP contribution in [0.25, 0.3) is 0 Å². The lowest BCUT2D eigenvalue weighted by atomic mass is 9.95. The number of allylic oxidation sites excluding steroid dienone is 3. The second-order valence-electron chi connectivity index (χ2n) is 8.91. The number of aromatic hydroxyl groups is 1. The van der Waals surface area contributed by atoms with Gasteiger partial charge in [0, 0.05) is 38.3 Å². The number of carbonyl (C=O) groups is 1. The summed E-state index contributed by atoms with van der Waals surface area (Å²) in [4.78, 5) is 24.2. The summed E-state index contributed by atoms with van der Waals surface area (Å²) in [7, 11) is 0. The van der Waals surface area contributed by atoms with Gasteiger partial charge in [-0.1, -0.05) is 30.4 Å². The Bertz CT molecular complexity index is 841. The third-order valence-corrected chi connectivity index (χ3v) is 5.99. The van der Waals surface area contributed by atoms with Crippen LogP contribution in [0.5, 0.6) is 5.75 Å². The Balaban J connectivity index is 1.66. The van der Waals surface area contributed by atoms with Gasteiger partial charge in [-0.3, -0.25) is 9.69 Å². The van der Waals surface area contributed by atoms with E-state index in [1.54, 1.807) is 6.07 Å². The highest BCUT2D eigenvalue weighted by Crippen LogP contribution is 2.31. The number of hydrogen-bond donors (Lipinski definition) is 1. The van der Waals surface area contributed by atoms with Crippen molar-refractivity contribution in [1.82, 2.24) is 14.8 Å². The van der Waals surface area contributed by atoms with E-state index < -0.39 is 0 Å². The first-order valence-corrected chi connectivity index (χ1v) is 10.7. The molecular weight excluding hydrogens is 376 g/mol. The number of amides is 1. The first-order chi connectivity index (χ1) is 14.2. The number of anilines is 1. The number of pyridine rings is 1. The van der Waals surface area contributed by atoms with Crippen LogP contribution in [0.15, 0.2) is 54.3 Å². The van der Waals surface area contributed by atoms with E-state index in [1.807, 2.05) is 30.9 Å². The molecule has 0 spiro atoms. The predicted molar refractivity (Wildman–Crippen MR) is 122 cm³/mol. The van der Waals surface area contributed by atoms with E-state index in [0.717, 1.165) is 49.6 Å². The van der Waals surface area contributed by atoms with E-state index in [0.29, 0.717) is 6.54 Å². The fraction of sp³-hybridized carbons (Fsp3) is 0.500. The minimum atomic E-state index is -0.155. The van der Waals surface area contributed by atoms with E-state index in [2.05, 4.69) is 47.4 Å². The molecule has 1 aromatic rings. The van der Waals surface area contributed by atoms with Crippen molar-refractivity contribution in [3.63, 3.8) is 0 Å². The lowest BCUT2D eigenvalue weighted by Crippen LogP contribution is -2.63. The molecule has 0 aromatic carbocycles. The molecule has 2 aliphatic rings. The lowest BCUT2D eigenvalue weighted by molar-refractivity contribution is -0.134. The molecule has 6 heteroatoms. The molecule has 1 unspecified atom stereocenters. The highest BCUT2D eigenvalue weighted by Gasteiger charge is 2.44. The number of nitrogens with zero attached hydrogens (tertiary/aromatic N) is 4. The summed E-state index contributed by atoms with van der Waals surface area (Å²) in [6, 6.07) is 3.44. The number of aromatic nitrogens is 1. The summed E-state index contributed by atoms with van der Waals surface area (Å²) < 4.78 is 0. The molecule has 6 nitrogen and oxygen atoms in total. The second-order valence-corrected chi connectivity index (χ2v) is 8.91. The number of hydrogen-bond acceptors (Lipinski definition) is 5. The zero-order valence-electron chi connectivity index (χ0n) is 18.6. The van der Waals surface area contributed by atoms with Gasteiger partial charge in [-0.15, -0.1) is 0 Å². The summed E-state index contributed by atoms with van der Waals surface area (Å²) in [5, 5.41) is 9.49. The van der Waals surface area contributed by atoms with Crippen molar-refractivity contribution < 1.29 is 9.90 Å². The van der Waals surface area contributed by atoms with Crippen LogP contribution in [-0.4, -0.2) is 70.1 Å². The molecule has 1 N–H and O–H groups in total. The maximum absolute atomic E-state index is 13.2. The van der Waals surface area contributed by atoms with E-state index in [-0.39, 0.29) is 23.2 Å². The molecule has 0 saturated carbocycles. The average molecular weight is 411 g/mol. The smallest absolute Gasteiger partial charge is 0.240 e. The largest absolute Gasteiger partial charge is 0.506 e. The Morgan fingerprint density at radius 2 is 2.07 bits per heavy atom. The standard InChI is InChI=1S/C24H34N4O2/c1-6-19(8-7-18(2)3)16-26-12-11-21(23(26)30)28-14-13-27(17-24(28,4)5)22-10-9-20(29)15-25-22/h6-10,15,21,29H,2,11-14,16-17H2,1,3-5H3/b8-7-,19-6+. The van der Waals surface area contributed by atoms with Crippen molar-refractivity contribution in [3.05, 3.63) is 54.3 Å². The Hall–Kier alpha value is -2.60. The molecule has 1 atom stereocenters. The molecule has 2 aliphatic heterocycles. The Morgan fingerprint density at radius 1 is 1.30 bits per heavy atom. The van der Waals surface area contributed by atoms with Gasteiger partial charge >= 0.3 is 0 Å². The van der Waals surface area contributed by atoms with Crippen LogP contribution >= 0.6 is 0 Å². The fourth-order valence-corrected chi connectivity index (χ4v) is 4.39. The Morgan fingerprint density at radius 3 is 2.67 bits per heavy atom. The molecule has 3 rings (SSSR count). The first kappa shape index (κ1) is 22.1. The van der Waals surface area contributed by atoms with Gasteiger partial charge in [-0.25, -0.2) is 4.98 Å². The molecule has 30 heavy (non-hydrogen) atoms. The third kappa shape index (κ3) is 4.93. The fourth-order valence-electron chi connectivity index (χ4n) is 4.39. The molecule has 2 saturated heterocycles. The Labute approximate surface area is 180 Å². The third-order valence-electron chi connectivity index (χ3n) is 5.99. The Kier molecular flexibility index (Phi) is 6.66. The molecule has 3 heterocycles. The van der Waals surface area contributed by atoms with Crippen molar-refractivity contribution in [3.8, 4) is 5.75 Å². The normalized spacial score (nSPS) is 22.9. The van der Waals surface area contributed by atoms with Gasteiger partial charge in [0.05, 0.1) is 12.2 Å². The van der Waals surface area contributed by atoms with Crippen LogP contribution in [0.1, 0.15) is 34.1 Å². The summed E-state index contributed by atoms with van der Waals surface area (Å²) in [5.41, 5.74) is 1.98. The molecule has 0 radical (unpaired) electrons. The van der Waals surface area contributed by atoms with Crippen LogP contribution in [-0.2, 0) is 4.79 Å². The molecule has 0 bridgehead atoms. The molecule has 1 aromatic heterocycles. The number of carbonyl (C=O) groups excluding carboxylic acids is 1. The molecule has 0 aliphatic carbocycles. The van der Waals surface area contributed by atoms with Gasteiger partial charge in [0.15, 0.2) is 0 Å². The van der Waals surface area contributed by atoms with E-state index in [9.17, 15) is 9.90 Å². The number of rotatable bonds is 6. The highest BCUT2D eigenvalue weighted by atomic mass is 16.3. The molecule has 162 valence electrons. The van der Waals surface area contributed by atoms with E-state index in [4.69, 9.17) is 0 Å². The van der Waals surface area contributed by atoms with Gasteiger partial charge < -0.3 is 14.9 Å². The summed E-state index contributed by atoms with van der Waals surface area (Å²) >= 11 is 0. The van der Waals surface area contributed by atoms with Crippen molar-refractivity contribution in [2.75, 3.05) is 37.6 Å². The van der Waals surface area contributed by atoms with Crippen molar-refractivity contribution in [2.45, 2.75) is 45.7 Å². The van der Waals surface area contributed by atoms with Gasteiger partial charge in [-0.2, -0.15) is 0 Å². The van der Waals surface area contributed by atoms with Crippen molar-refractivity contribution in [1.29, 1.82) is 0 Å². The van der Waals surface area contributed by atoms with Gasteiger partial charge in [0.1, 0.15) is 11.6 Å². The minimum Gasteiger partial charge on any atom is -0.506 e. The maximum atomic E-state index is 13.2. The van der Waals surface area contributed by atoms with Crippen molar-refractivity contribution >= 4 is 11.7 Å². The quantitative estimate of drug-likeness (QED) is 0.729. The van der Waals surface area contributed by atoms with Crippen molar-refractivity contribution in [2.24, 2.45) is 0 Å². The molecule has 2 fully saturated rings. The SMILES string of the molecule is C=C(C)/C=C\C(=C/C)CN1CCC(N2CCN(c3ccc(O)cn3)CC2(C)C)C1=O. The van der Waals surface area contributed by atoms with E-state index >= 15 is 0 Å². The first-order valence-electron chi connectivity index (χ1n) is 10.7. The lowest BCUT2D eigenvalue weighted by Gasteiger charge is -2.49. The predicted octanol–water partition coefficient (Wildman–Crippen LogP) is 3.37. The zero-order chi connectivity index (χ0) is 21.9. The monoisotopic (exact) mass is 410 g/mol. The number of likely N-dealkylation sites (tertiary alicyclic amines) is 1. The minimum absolute atomic E-state index is 0.0712. The topological polar surface area (TPSA) is 59.9 Å². The van der Waals surface area contributed by atoms with Crippen LogP contribution in [0.3, 0.4) is 0 Å². The average Bonchev–Trinajstić information content (AvgIpc) is 3.04. The van der Waals surface area contributed by atoms with Crippen LogP contribution in [0.2, 0.25) is 0 Å². The van der Waals surface area contributed by atoms with Gasteiger partial charge in [-0.05, 0) is 51.8 Å². The summed E-state index contributed by atoms with van der Waals surface area (Å²) in [6.07, 6.45) is 8.45. The molecular formula is C24H34N4O2. The zero-order valence-corrected chi connectivity index (χ0v) is 18.6. The summed E-state index contributed by atoms with van der Waals surface area (Å²) in [6.45, 7) is 16.1. The van der Waals surface area contributed by atoms with Crippen LogP contribution in [0, 0.1) is 0 Å². The van der Waals surface area contributed by atoms with Gasteiger partial charge in [0.25, 0.3) is 0 Å². The van der Waals surface area contributed by atoms with E-state index in [1.165, 1.54) is 6.20 Å². The summed E-state index contributed by atoms with van der Waals surface area (Å²) in [5.74, 6) is 1.26. The van der Waals surface area contributed by atoms with Crippen LogP contribution < -0.4 is 4.90 Å². The highest BCUT2D eigenvalue weighted by molar-refractivity contribution is 5.84. The van der Waals surface area contributed by atoms with Crippen LogP contribution in [0.4, 0.5) is 5.82 Å². The number of piperazine rings is 1.